The van der Waals surface area contributed by atoms with Crippen molar-refractivity contribution in [2.75, 3.05) is 7.11 Å². The highest BCUT2D eigenvalue weighted by molar-refractivity contribution is 7.11. The van der Waals surface area contributed by atoms with Crippen molar-refractivity contribution in [2.45, 2.75) is 6.92 Å². The molecule has 0 radical (unpaired) electrons. The maximum absolute atomic E-state index is 11.8. The molecule has 8 heteroatoms. The Labute approximate surface area is 129 Å². The van der Waals surface area contributed by atoms with Crippen LogP contribution in [-0.2, 0) is 0 Å². The Kier molecular flexibility index (Phi) is 4.39. The third-order valence-electron chi connectivity index (χ3n) is 2.76. The van der Waals surface area contributed by atoms with Crippen molar-refractivity contribution < 1.29 is 14.8 Å². The van der Waals surface area contributed by atoms with Gasteiger partial charge in [-0.25, -0.2) is 4.98 Å². The van der Waals surface area contributed by atoms with Gasteiger partial charge in [0.15, 0.2) is 0 Å². The zero-order chi connectivity index (χ0) is 16.3. The van der Waals surface area contributed by atoms with E-state index >= 15 is 0 Å². The van der Waals surface area contributed by atoms with Gasteiger partial charge < -0.3 is 9.84 Å². The van der Waals surface area contributed by atoms with E-state index in [1.54, 1.807) is 12.3 Å². The number of methoxy groups -OCH3 is 1. The first kappa shape index (κ1) is 15.5. The minimum atomic E-state index is -0.798. The zero-order valence-corrected chi connectivity index (χ0v) is 12.5. The molecule has 1 aromatic heterocycles. The van der Waals surface area contributed by atoms with Crippen molar-refractivity contribution in [3.8, 4) is 17.6 Å². The number of allylic oxidation sites excluding steroid dienone is 1. The van der Waals surface area contributed by atoms with Crippen LogP contribution in [0.3, 0.4) is 0 Å². The fraction of sp³-hybridized carbons (Fsp3) is 0.143. The number of nitro benzene ring substituents is 1. The largest absolute Gasteiger partial charge is 0.865 e. The Bertz CT molecular complexity index is 805. The highest BCUT2D eigenvalue weighted by Gasteiger charge is 2.14. The van der Waals surface area contributed by atoms with Gasteiger partial charge in [0.1, 0.15) is 16.8 Å². The lowest BCUT2D eigenvalue weighted by atomic mass is 10.1. The predicted molar refractivity (Wildman–Crippen MR) is 79.4 cm³/mol. The van der Waals surface area contributed by atoms with Gasteiger partial charge in [0.2, 0.25) is 0 Å². The van der Waals surface area contributed by atoms with Crippen LogP contribution in [-0.4, -0.2) is 17.0 Å². The molecular weight excluding hydrogens is 306 g/mol. The number of nitrogens with zero attached hydrogens (tertiary/aromatic N) is 3. The highest BCUT2D eigenvalue weighted by atomic mass is 32.1. The Morgan fingerprint density at radius 3 is 2.77 bits per heavy atom. The molecule has 0 N–H and O–H groups in total. The van der Waals surface area contributed by atoms with E-state index in [9.17, 15) is 20.5 Å². The molecule has 1 aromatic carbocycles. The average molecular weight is 316 g/mol. The molecule has 0 saturated heterocycles. The van der Waals surface area contributed by atoms with E-state index in [-0.39, 0.29) is 11.3 Å². The smallest absolute Gasteiger partial charge is 0.266 e. The van der Waals surface area contributed by atoms with Crippen LogP contribution < -0.4 is 9.84 Å². The normalized spacial score (nSPS) is 11.0. The fourth-order valence-corrected chi connectivity index (χ4v) is 2.53. The Hall–Kier alpha value is -2.92. The van der Waals surface area contributed by atoms with Crippen molar-refractivity contribution in [3.05, 3.63) is 43.9 Å². The van der Waals surface area contributed by atoms with Crippen LogP contribution >= 0.6 is 11.3 Å². The lowest BCUT2D eigenvalue weighted by Crippen LogP contribution is -2.01. The number of rotatable bonds is 4. The third-order valence-corrected chi connectivity index (χ3v) is 3.75. The maximum atomic E-state index is 11.8. The summed E-state index contributed by atoms with van der Waals surface area (Å²) >= 11 is 1.30. The molecule has 2 rings (SSSR count). The molecule has 0 bridgehead atoms. The molecule has 0 atom stereocenters. The summed E-state index contributed by atoms with van der Waals surface area (Å²) in [7, 11) is 1.25. The molecule has 22 heavy (non-hydrogen) atoms. The number of ether oxygens (including phenoxy) is 1. The molecular formula is C14H10N3O4S-. The summed E-state index contributed by atoms with van der Waals surface area (Å²) in [5.41, 5.74) is 0.762. The van der Waals surface area contributed by atoms with Crippen LogP contribution in [0.4, 0.5) is 5.69 Å². The van der Waals surface area contributed by atoms with Crippen LogP contribution in [0.1, 0.15) is 16.3 Å². The molecule has 0 spiro atoms. The molecule has 112 valence electrons. The first-order valence-electron chi connectivity index (χ1n) is 6.04. The Balaban J connectivity index is 2.56. The van der Waals surface area contributed by atoms with E-state index in [0.717, 1.165) is 11.8 Å². The monoisotopic (exact) mass is 316 g/mol. The van der Waals surface area contributed by atoms with Crippen LogP contribution in [0.5, 0.6) is 11.5 Å². The van der Waals surface area contributed by atoms with Gasteiger partial charge in [-0.3, -0.25) is 10.1 Å². The first-order chi connectivity index (χ1) is 10.5. The number of thiazole rings is 1. The number of hydrogen-bond donors (Lipinski definition) is 0. The molecule has 0 aliphatic rings. The van der Waals surface area contributed by atoms with Gasteiger partial charge in [0, 0.05) is 22.9 Å². The van der Waals surface area contributed by atoms with E-state index in [1.165, 1.54) is 30.6 Å². The van der Waals surface area contributed by atoms with Crippen LogP contribution in [0.15, 0.2) is 17.5 Å². The lowest BCUT2D eigenvalue weighted by Gasteiger charge is -2.13. The predicted octanol–water partition coefficient (Wildman–Crippen LogP) is 2.51. The molecule has 1 heterocycles. The van der Waals surface area contributed by atoms with Gasteiger partial charge in [-0.2, -0.15) is 5.26 Å². The second-order valence-corrected chi connectivity index (χ2v) is 5.15. The van der Waals surface area contributed by atoms with Gasteiger partial charge in [-0.1, -0.05) is 0 Å². The minimum Gasteiger partial charge on any atom is -0.865 e. The molecule has 0 unspecified atom stereocenters. The summed E-state index contributed by atoms with van der Waals surface area (Å²) in [6, 6.07) is 4.47. The molecule has 0 amide bonds. The number of benzene rings is 1. The number of nitriles is 1. The quantitative estimate of drug-likeness (QED) is 0.486. The zero-order valence-electron chi connectivity index (χ0n) is 11.7. The van der Waals surface area contributed by atoms with Crippen molar-refractivity contribution in [1.82, 2.24) is 4.98 Å². The second kappa shape index (κ2) is 6.24. The van der Waals surface area contributed by atoms with Crippen LogP contribution in [0.25, 0.3) is 11.6 Å². The van der Waals surface area contributed by atoms with E-state index in [2.05, 4.69) is 4.98 Å². The molecule has 0 aliphatic heterocycles. The van der Waals surface area contributed by atoms with E-state index < -0.39 is 16.4 Å². The maximum Gasteiger partial charge on any atom is 0.266 e. The summed E-state index contributed by atoms with van der Waals surface area (Å²) in [6.07, 6.45) is 1.44. The van der Waals surface area contributed by atoms with Crippen molar-refractivity contribution in [1.29, 1.82) is 5.26 Å². The summed E-state index contributed by atoms with van der Waals surface area (Å²) in [6.45, 7) is 1.80. The number of aromatic nitrogens is 1. The van der Waals surface area contributed by atoms with Gasteiger partial charge in [-0.05, 0) is 24.6 Å². The Morgan fingerprint density at radius 2 is 2.27 bits per heavy atom. The van der Waals surface area contributed by atoms with Crippen LogP contribution in [0, 0.1) is 28.4 Å². The topological polar surface area (TPSA) is 112 Å². The number of aryl methyl sites for hydroxylation is 1. The molecule has 0 fully saturated rings. The molecule has 0 aliphatic carbocycles. The fourth-order valence-electron chi connectivity index (χ4n) is 1.76. The van der Waals surface area contributed by atoms with E-state index in [0.29, 0.717) is 10.6 Å². The molecule has 2 aromatic rings. The molecule has 0 saturated carbocycles. The van der Waals surface area contributed by atoms with Gasteiger partial charge in [-0.15, -0.1) is 11.3 Å². The SMILES string of the molecule is COc1cc(/C=C(\C#N)c2nc(C)cs2)cc([N+](=O)[O-])c1[O-]. The lowest BCUT2D eigenvalue weighted by molar-refractivity contribution is -0.398. The summed E-state index contributed by atoms with van der Waals surface area (Å²) in [5.74, 6) is -0.943. The van der Waals surface area contributed by atoms with Gasteiger partial charge in [0.25, 0.3) is 5.69 Å². The summed E-state index contributed by atoms with van der Waals surface area (Å²) in [5, 5.41) is 34.2. The number of hydrogen-bond acceptors (Lipinski definition) is 7. The van der Waals surface area contributed by atoms with E-state index in [4.69, 9.17) is 4.74 Å². The first-order valence-corrected chi connectivity index (χ1v) is 6.92. The average Bonchev–Trinajstić information content (AvgIpc) is 2.92. The Morgan fingerprint density at radius 1 is 1.55 bits per heavy atom. The second-order valence-electron chi connectivity index (χ2n) is 4.29. The minimum absolute atomic E-state index is 0.145. The summed E-state index contributed by atoms with van der Waals surface area (Å²) < 4.78 is 4.86. The van der Waals surface area contributed by atoms with Gasteiger partial charge in [0.05, 0.1) is 17.6 Å². The van der Waals surface area contributed by atoms with Gasteiger partial charge >= 0.3 is 0 Å². The summed E-state index contributed by atoms with van der Waals surface area (Å²) in [4.78, 5) is 14.3. The third kappa shape index (κ3) is 3.05. The van der Waals surface area contributed by atoms with Crippen molar-refractivity contribution >= 4 is 28.7 Å². The molecule has 7 nitrogen and oxygen atoms in total. The van der Waals surface area contributed by atoms with Crippen molar-refractivity contribution in [2.24, 2.45) is 0 Å². The van der Waals surface area contributed by atoms with Crippen molar-refractivity contribution in [3.63, 3.8) is 0 Å². The van der Waals surface area contributed by atoms with Crippen LogP contribution in [0.2, 0.25) is 0 Å². The highest BCUT2D eigenvalue weighted by Crippen LogP contribution is 2.35. The standard InChI is InChI=1S/C14H11N3O4S/c1-8-7-22-14(16-8)10(6-15)3-9-4-11(17(19)20)13(18)12(5-9)21-2/h3-5,7,18H,1-2H3/p-1/b10-3+. The van der Waals surface area contributed by atoms with E-state index in [1.807, 2.05) is 6.07 Å². The number of nitro groups is 1.